The average Bonchev–Trinajstić information content (AvgIpc) is 3.01. The lowest BCUT2D eigenvalue weighted by molar-refractivity contribution is -0.0142. The third-order valence-corrected chi connectivity index (χ3v) is 4.23. The van der Waals surface area contributed by atoms with Crippen molar-refractivity contribution in [2.45, 2.75) is 32.3 Å². The summed E-state index contributed by atoms with van der Waals surface area (Å²) in [6.45, 7) is 7.68. The van der Waals surface area contributed by atoms with E-state index >= 15 is 0 Å². The molecule has 1 aliphatic heterocycles. The maximum Gasteiger partial charge on any atom is 0.289 e. The van der Waals surface area contributed by atoms with Gasteiger partial charge < -0.3 is 14.4 Å². The molecule has 0 unspecified atom stereocenters. The molecule has 2 heterocycles. The van der Waals surface area contributed by atoms with Crippen LogP contribution in [0.25, 0.3) is 0 Å². The van der Waals surface area contributed by atoms with Crippen LogP contribution >= 0.6 is 0 Å². The summed E-state index contributed by atoms with van der Waals surface area (Å²) >= 11 is 0. The molecule has 1 N–H and O–H groups in total. The highest BCUT2D eigenvalue weighted by Crippen LogP contribution is 2.18. The molecule has 0 aliphatic carbocycles. The largest absolute Gasteiger partial charge is 0.459 e. The van der Waals surface area contributed by atoms with E-state index in [9.17, 15) is 9.90 Å². The first-order chi connectivity index (χ1) is 9.58. The van der Waals surface area contributed by atoms with Crippen molar-refractivity contribution < 1.29 is 14.3 Å². The third-order valence-electron chi connectivity index (χ3n) is 4.23. The van der Waals surface area contributed by atoms with Crippen molar-refractivity contribution >= 4 is 5.91 Å². The van der Waals surface area contributed by atoms with Crippen LogP contribution in [0.1, 0.15) is 37.2 Å². The second-order valence-corrected chi connectivity index (χ2v) is 5.48. The summed E-state index contributed by atoms with van der Waals surface area (Å²) in [6.07, 6.45) is 3.04. The summed E-state index contributed by atoms with van der Waals surface area (Å²) in [5, 5.41) is 10.4. The molecule has 0 atom stereocenters. The predicted molar refractivity (Wildman–Crippen MR) is 76.6 cm³/mol. The molecular weight excluding hydrogens is 256 g/mol. The van der Waals surface area contributed by atoms with E-state index in [4.69, 9.17) is 4.42 Å². The Hall–Kier alpha value is -1.33. The molecule has 5 heteroatoms. The van der Waals surface area contributed by atoms with Gasteiger partial charge in [0.2, 0.25) is 0 Å². The number of carbonyl (C=O) groups is 1. The van der Waals surface area contributed by atoms with Crippen molar-refractivity contribution in [2.75, 3.05) is 32.7 Å². The van der Waals surface area contributed by atoms with Crippen LogP contribution in [-0.4, -0.2) is 59.1 Å². The minimum absolute atomic E-state index is 0.0455. The first kappa shape index (κ1) is 15.1. The molecule has 5 nitrogen and oxygen atoms in total. The fourth-order valence-corrected chi connectivity index (χ4v) is 2.55. The van der Waals surface area contributed by atoms with Crippen molar-refractivity contribution in [3.63, 3.8) is 0 Å². The number of carbonyl (C=O) groups excluding carboxylic acids is 1. The lowest BCUT2D eigenvalue weighted by Gasteiger charge is -2.38. The van der Waals surface area contributed by atoms with Crippen LogP contribution < -0.4 is 0 Å². The van der Waals surface area contributed by atoms with Gasteiger partial charge in [-0.05, 0) is 25.0 Å². The Bertz CT molecular complexity index is 418. The Morgan fingerprint density at radius 1 is 1.30 bits per heavy atom. The maximum atomic E-state index is 12.1. The summed E-state index contributed by atoms with van der Waals surface area (Å²) in [7, 11) is 0. The Morgan fingerprint density at radius 2 is 1.95 bits per heavy atom. The van der Waals surface area contributed by atoms with Crippen LogP contribution in [0.2, 0.25) is 0 Å². The normalized spacial score (nSPS) is 17.4. The first-order valence-electron chi connectivity index (χ1n) is 7.35. The quantitative estimate of drug-likeness (QED) is 0.890. The number of hydrogen-bond acceptors (Lipinski definition) is 4. The number of furan rings is 1. The van der Waals surface area contributed by atoms with E-state index in [0.717, 1.165) is 25.9 Å². The number of nitrogens with zero attached hydrogens (tertiary/aromatic N) is 2. The van der Waals surface area contributed by atoms with Crippen LogP contribution in [0.3, 0.4) is 0 Å². The van der Waals surface area contributed by atoms with Gasteiger partial charge in [-0.1, -0.05) is 13.8 Å². The van der Waals surface area contributed by atoms with E-state index in [1.165, 1.54) is 6.26 Å². The van der Waals surface area contributed by atoms with Crippen molar-refractivity contribution in [3.8, 4) is 0 Å². The second-order valence-electron chi connectivity index (χ2n) is 5.48. The van der Waals surface area contributed by atoms with Gasteiger partial charge in [0.25, 0.3) is 5.91 Å². The molecule has 1 amide bonds. The molecule has 1 saturated heterocycles. The van der Waals surface area contributed by atoms with Gasteiger partial charge >= 0.3 is 0 Å². The fourth-order valence-electron chi connectivity index (χ4n) is 2.55. The van der Waals surface area contributed by atoms with Crippen molar-refractivity contribution in [2.24, 2.45) is 0 Å². The molecule has 0 radical (unpaired) electrons. The SMILES string of the molecule is CCC(O)(CC)CN1CCN(C(=O)c2ccco2)CC1. The first-order valence-corrected chi connectivity index (χ1v) is 7.35. The van der Waals surface area contributed by atoms with Crippen LogP contribution in [-0.2, 0) is 0 Å². The Kier molecular flexibility index (Phi) is 4.83. The zero-order valence-corrected chi connectivity index (χ0v) is 12.3. The van der Waals surface area contributed by atoms with Crippen molar-refractivity contribution in [3.05, 3.63) is 24.2 Å². The highest BCUT2D eigenvalue weighted by atomic mass is 16.3. The highest BCUT2D eigenvalue weighted by molar-refractivity contribution is 5.91. The zero-order chi connectivity index (χ0) is 14.6. The maximum absolute atomic E-state index is 12.1. The molecule has 0 saturated carbocycles. The second kappa shape index (κ2) is 6.41. The van der Waals surface area contributed by atoms with Crippen LogP contribution in [0.15, 0.2) is 22.8 Å². The van der Waals surface area contributed by atoms with E-state index in [0.29, 0.717) is 25.4 Å². The van der Waals surface area contributed by atoms with Crippen molar-refractivity contribution in [1.82, 2.24) is 9.80 Å². The summed E-state index contributed by atoms with van der Waals surface area (Å²) in [5.74, 6) is 0.355. The van der Waals surface area contributed by atoms with Gasteiger partial charge in [0.05, 0.1) is 11.9 Å². The summed E-state index contributed by atoms with van der Waals surface area (Å²) < 4.78 is 5.15. The van der Waals surface area contributed by atoms with Gasteiger partial charge in [-0.3, -0.25) is 9.69 Å². The number of amides is 1. The highest BCUT2D eigenvalue weighted by Gasteiger charge is 2.29. The topological polar surface area (TPSA) is 56.9 Å². The number of rotatable bonds is 5. The molecule has 0 bridgehead atoms. The van der Waals surface area contributed by atoms with Gasteiger partial charge in [0, 0.05) is 32.7 Å². The standard InChI is InChI=1S/C15H24N2O3/c1-3-15(19,4-2)12-16-7-9-17(10-8-16)14(18)13-6-5-11-20-13/h5-6,11,19H,3-4,7-10,12H2,1-2H3. The molecule has 1 aromatic rings. The molecule has 112 valence electrons. The number of piperazine rings is 1. The molecule has 1 aromatic heterocycles. The third kappa shape index (κ3) is 3.41. The van der Waals surface area contributed by atoms with E-state index in [-0.39, 0.29) is 5.91 Å². The predicted octanol–water partition coefficient (Wildman–Crippen LogP) is 1.59. The molecular formula is C15H24N2O3. The smallest absolute Gasteiger partial charge is 0.289 e. The molecule has 1 fully saturated rings. The Balaban J connectivity index is 1.85. The van der Waals surface area contributed by atoms with E-state index in [2.05, 4.69) is 4.90 Å². The van der Waals surface area contributed by atoms with Gasteiger partial charge in [0.15, 0.2) is 5.76 Å². The number of hydrogen-bond donors (Lipinski definition) is 1. The molecule has 2 rings (SSSR count). The van der Waals surface area contributed by atoms with Gasteiger partial charge in [-0.15, -0.1) is 0 Å². The lowest BCUT2D eigenvalue weighted by atomic mass is 9.96. The fraction of sp³-hybridized carbons (Fsp3) is 0.667. The van der Waals surface area contributed by atoms with E-state index in [1.807, 2.05) is 18.7 Å². The van der Waals surface area contributed by atoms with Crippen LogP contribution in [0, 0.1) is 0 Å². The van der Waals surface area contributed by atoms with Gasteiger partial charge in [-0.2, -0.15) is 0 Å². The monoisotopic (exact) mass is 280 g/mol. The Morgan fingerprint density at radius 3 is 2.45 bits per heavy atom. The average molecular weight is 280 g/mol. The zero-order valence-electron chi connectivity index (χ0n) is 12.3. The van der Waals surface area contributed by atoms with Gasteiger partial charge in [-0.25, -0.2) is 0 Å². The van der Waals surface area contributed by atoms with E-state index < -0.39 is 5.60 Å². The summed E-state index contributed by atoms with van der Waals surface area (Å²) in [5.41, 5.74) is -0.604. The molecule has 1 aliphatic rings. The molecule has 0 aromatic carbocycles. The minimum Gasteiger partial charge on any atom is -0.459 e. The lowest BCUT2D eigenvalue weighted by Crippen LogP contribution is -2.53. The number of β-amino-alcohol motifs (C(OH)–C–C–N with tert-alkyl or cyclic N) is 1. The van der Waals surface area contributed by atoms with Gasteiger partial charge in [0.1, 0.15) is 0 Å². The van der Waals surface area contributed by atoms with Crippen LogP contribution in [0.4, 0.5) is 0 Å². The number of aliphatic hydroxyl groups is 1. The minimum atomic E-state index is -0.604. The summed E-state index contributed by atoms with van der Waals surface area (Å²) in [6, 6.07) is 3.42. The molecule has 0 spiro atoms. The van der Waals surface area contributed by atoms with Crippen LogP contribution in [0.5, 0.6) is 0 Å². The molecule has 20 heavy (non-hydrogen) atoms. The van der Waals surface area contributed by atoms with Crippen molar-refractivity contribution in [1.29, 1.82) is 0 Å². The summed E-state index contributed by atoms with van der Waals surface area (Å²) in [4.78, 5) is 16.2. The Labute approximate surface area is 120 Å². The van der Waals surface area contributed by atoms with E-state index in [1.54, 1.807) is 12.1 Å².